The van der Waals surface area contributed by atoms with E-state index < -0.39 is 5.91 Å². The number of Topliss-reactive ketones (excluding diaryl/α,β-unsaturated/α-hetero) is 1. The number of nitrogens with one attached hydrogen (secondary N) is 1. The minimum absolute atomic E-state index is 0.0844. The van der Waals surface area contributed by atoms with E-state index in [0.717, 1.165) is 5.56 Å². The minimum Gasteiger partial charge on any atom is -0.321 e. The highest BCUT2D eigenvalue weighted by atomic mass is 79.9. The first-order valence-corrected chi connectivity index (χ1v) is 10.0. The predicted molar refractivity (Wildman–Crippen MR) is 110 cm³/mol. The maximum absolute atomic E-state index is 13.0. The molecule has 2 aromatic carbocycles. The van der Waals surface area contributed by atoms with Gasteiger partial charge in [0.05, 0.1) is 4.47 Å². The SMILES string of the molecule is CC(=O)c1cccc(NC(=O)c2nc(SCc3ccc(F)cc3)ncc2Br)c1. The zero-order chi connectivity index (χ0) is 20.1. The Morgan fingerprint density at radius 1 is 1.18 bits per heavy atom. The summed E-state index contributed by atoms with van der Waals surface area (Å²) in [7, 11) is 0. The number of halogens is 2. The third-order valence-corrected chi connectivity index (χ3v) is 5.26. The Morgan fingerprint density at radius 3 is 2.64 bits per heavy atom. The van der Waals surface area contributed by atoms with Gasteiger partial charge >= 0.3 is 0 Å². The molecule has 0 fully saturated rings. The largest absolute Gasteiger partial charge is 0.321 e. The quantitative estimate of drug-likeness (QED) is 0.314. The molecule has 0 radical (unpaired) electrons. The molecular weight excluding hydrogens is 445 g/mol. The molecule has 1 amide bonds. The van der Waals surface area contributed by atoms with Crippen LogP contribution in [0.2, 0.25) is 0 Å². The molecule has 28 heavy (non-hydrogen) atoms. The Hall–Kier alpha value is -2.58. The Morgan fingerprint density at radius 2 is 1.93 bits per heavy atom. The number of rotatable bonds is 6. The molecule has 1 aromatic heterocycles. The van der Waals surface area contributed by atoms with Gasteiger partial charge in [0.25, 0.3) is 5.91 Å². The molecule has 1 heterocycles. The third kappa shape index (κ3) is 5.24. The Balaban J connectivity index is 1.73. The van der Waals surface area contributed by atoms with Gasteiger partial charge in [-0.15, -0.1) is 0 Å². The van der Waals surface area contributed by atoms with Gasteiger partial charge in [-0.25, -0.2) is 14.4 Å². The topological polar surface area (TPSA) is 72.0 Å². The highest BCUT2D eigenvalue weighted by Gasteiger charge is 2.15. The van der Waals surface area contributed by atoms with E-state index >= 15 is 0 Å². The van der Waals surface area contributed by atoms with Crippen LogP contribution < -0.4 is 5.32 Å². The van der Waals surface area contributed by atoms with E-state index in [2.05, 4.69) is 31.2 Å². The summed E-state index contributed by atoms with van der Waals surface area (Å²) in [4.78, 5) is 32.6. The maximum atomic E-state index is 13.0. The molecule has 0 aliphatic heterocycles. The smallest absolute Gasteiger partial charge is 0.275 e. The average molecular weight is 460 g/mol. The van der Waals surface area contributed by atoms with Crippen molar-refractivity contribution >= 4 is 45.1 Å². The second kappa shape index (κ2) is 9.07. The Labute approximate surface area is 173 Å². The van der Waals surface area contributed by atoms with Crippen molar-refractivity contribution in [2.45, 2.75) is 17.8 Å². The average Bonchev–Trinajstić information content (AvgIpc) is 2.68. The molecule has 3 rings (SSSR count). The van der Waals surface area contributed by atoms with Crippen LogP contribution in [0, 0.1) is 5.82 Å². The van der Waals surface area contributed by atoms with E-state index in [9.17, 15) is 14.0 Å². The number of thioether (sulfide) groups is 1. The summed E-state index contributed by atoms with van der Waals surface area (Å²) in [6.07, 6.45) is 1.51. The van der Waals surface area contributed by atoms with Crippen molar-refractivity contribution in [2.75, 3.05) is 5.32 Å². The van der Waals surface area contributed by atoms with Crippen LogP contribution in [0.5, 0.6) is 0 Å². The molecule has 0 spiro atoms. The molecule has 0 saturated heterocycles. The summed E-state index contributed by atoms with van der Waals surface area (Å²) < 4.78 is 13.4. The molecule has 1 N–H and O–H groups in total. The first-order valence-electron chi connectivity index (χ1n) is 8.24. The van der Waals surface area contributed by atoms with E-state index in [1.54, 1.807) is 36.4 Å². The van der Waals surface area contributed by atoms with Crippen molar-refractivity contribution in [1.29, 1.82) is 0 Å². The molecule has 0 atom stereocenters. The van der Waals surface area contributed by atoms with Crippen molar-refractivity contribution in [3.63, 3.8) is 0 Å². The van der Waals surface area contributed by atoms with E-state index in [0.29, 0.717) is 26.6 Å². The third-order valence-electron chi connectivity index (χ3n) is 3.75. The number of ketones is 1. The lowest BCUT2D eigenvalue weighted by atomic mass is 10.1. The fraction of sp³-hybridized carbons (Fsp3) is 0.100. The van der Waals surface area contributed by atoms with Gasteiger partial charge in [-0.05, 0) is 52.7 Å². The van der Waals surface area contributed by atoms with Gasteiger partial charge in [0.1, 0.15) is 11.5 Å². The van der Waals surface area contributed by atoms with Gasteiger partial charge in [0, 0.05) is 23.2 Å². The first kappa shape index (κ1) is 20.2. The van der Waals surface area contributed by atoms with E-state index in [-0.39, 0.29) is 17.3 Å². The van der Waals surface area contributed by atoms with Crippen LogP contribution in [0.4, 0.5) is 10.1 Å². The van der Waals surface area contributed by atoms with Crippen molar-refractivity contribution in [3.05, 3.63) is 81.8 Å². The predicted octanol–water partition coefficient (Wildman–Crippen LogP) is 5.13. The lowest BCUT2D eigenvalue weighted by Gasteiger charge is -2.08. The number of benzene rings is 2. The molecule has 0 bridgehead atoms. The van der Waals surface area contributed by atoms with E-state index in [4.69, 9.17) is 0 Å². The molecule has 8 heteroatoms. The van der Waals surface area contributed by atoms with Gasteiger partial charge in [0.15, 0.2) is 10.9 Å². The van der Waals surface area contributed by atoms with Gasteiger partial charge in [0.2, 0.25) is 0 Å². The van der Waals surface area contributed by atoms with Crippen LogP contribution in [-0.4, -0.2) is 21.7 Å². The summed E-state index contributed by atoms with van der Waals surface area (Å²) in [5, 5.41) is 3.17. The number of hydrogen-bond donors (Lipinski definition) is 1. The highest BCUT2D eigenvalue weighted by molar-refractivity contribution is 9.10. The maximum Gasteiger partial charge on any atom is 0.275 e. The Kier molecular flexibility index (Phi) is 6.53. The van der Waals surface area contributed by atoms with Crippen molar-refractivity contribution in [1.82, 2.24) is 9.97 Å². The standard InChI is InChI=1S/C20H15BrFN3O2S/c1-12(26)14-3-2-4-16(9-14)24-19(27)18-17(21)10-23-20(25-18)28-11-13-5-7-15(22)8-6-13/h2-10H,11H2,1H3,(H,24,27). The molecule has 0 saturated carbocycles. The van der Waals surface area contributed by atoms with Gasteiger partial charge in [-0.3, -0.25) is 9.59 Å². The van der Waals surface area contributed by atoms with Gasteiger partial charge in [-0.1, -0.05) is 36.0 Å². The number of hydrogen-bond acceptors (Lipinski definition) is 5. The van der Waals surface area contributed by atoms with E-state index in [1.165, 1.54) is 37.0 Å². The first-order chi connectivity index (χ1) is 13.4. The number of amides is 1. The summed E-state index contributed by atoms with van der Waals surface area (Å²) in [6.45, 7) is 1.46. The summed E-state index contributed by atoms with van der Waals surface area (Å²) in [6, 6.07) is 12.9. The van der Waals surface area contributed by atoms with Crippen molar-refractivity contribution in [3.8, 4) is 0 Å². The van der Waals surface area contributed by atoms with Crippen molar-refractivity contribution in [2.24, 2.45) is 0 Å². The number of aromatic nitrogens is 2. The molecule has 0 aliphatic rings. The van der Waals surface area contributed by atoms with Crippen LogP contribution >= 0.6 is 27.7 Å². The van der Waals surface area contributed by atoms with Crippen LogP contribution in [0.25, 0.3) is 0 Å². The monoisotopic (exact) mass is 459 g/mol. The van der Waals surface area contributed by atoms with Crippen LogP contribution in [0.1, 0.15) is 33.3 Å². The number of nitrogens with zero attached hydrogens (tertiary/aromatic N) is 2. The molecular formula is C20H15BrFN3O2S. The molecule has 142 valence electrons. The number of anilines is 1. The number of carbonyl (C=O) groups excluding carboxylic acids is 2. The Bertz CT molecular complexity index is 1030. The zero-order valence-corrected chi connectivity index (χ0v) is 17.2. The minimum atomic E-state index is -0.418. The normalized spacial score (nSPS) is 10.5. The molecule has 5 nitrogen and oxygen atoms in total. The van der Waals surface area contributed by atoms with E-state index in [1.807, 2.05) is 0 Å². The summed E-state index contributed by atoms with van der Waals surface area (Å²) in [5.41, 5.74) is 2.12. The fourth-order valence-electron chi connectivity index (χ4n) is 2.31. The second-order valence-electron chi connectivity index (χ2n) is 5.86. The summed E-state index contributed by atoms with van der Waals surface area (Å²) in [5.74, 6) is -0.247. The van der Waals surface area contributed by atoms with Crippen molar-refractivity contribution < 1.29 is 14.0 Å². The number of carbonyl (C=O) groups is 2. The lowest BCUT2D eigenvalue weighted by molar-refractivity contribution is 0.100. The molecule has 0 unspecified atom stereocenters. The zero-order valence-electron chi connectivity index (χ0n) is 14.8. The lowest BCUT2D eigenvalue weighted by Crippen LogP contribution is -2.15. The van der Waals surface area contributed by atoms with Crippen LogP contribution in [0.15, 0.2) is 64.4 Å². The van der Waals surface area contributed by atoms with Crippen LogP contribution in [-0.2, 0) is 5.75 Å². The van der Waals surface area contributed by atoms with Crippen LogP contribution in [0.3, 0.4) is 0 Å². The molecule has 0 aliphatic carbocycles. The highest BCUT2D eigenvalue weighted by Crippen LogP contribution is 2.23. The van der Waals surface area contributed by atoms with Gasteiger partial charge in [-0.2, -0.15) is 0 Å². The summed E-state index contributed by atoms with van der Waals surface area (Å²) >= 11 is 4.64. The second-order valence-corrected chi connectivity index (χ2v) is 7.65. The fourth-order valence-corrected chi connectivity index (χ4v) is 3.46. The van der Waals surface area contributed by atoms with Gasteiger partial charge < -0.3 is 5.32 Å². The molecule has 3 aromatic rings.